The fourth-order valence-electron chi connectivity index (χ4n) is 2.03. The summed E-state index contributed by atoms with van der Waals surface area (Å²) in [7, 11) is -1.66. The van der Waals surface area contributed by atoms with E-state index in [1.54, 1.807) is 27.0 Å². The van der Waals surface area contributed by atoms with E-state index in [2.05, 4.69) is 5.10 Å². The number of hydrogen-bond donors (Lipinski definition) is 0. The third kappa shape index (κ3) is 2.97. The van der Waals surface area contributed by atoms with Crippen molar-refractivity contribution >= 4 is 15.8 Å². The number of aryl methyl sites for hydroxylation is 1. The van der Waals surface area contributed by atoms with Crippen molar-refractivity contribution in [3.05, 3.63) is 41.1 Å². The molecule has 1 aromatic carbocycles. The smallest absolute Gasteiger partial charge is 0.345 e. The van der Waals surface area contributed by atoms with Gasteiger partial charge in [-0.05, 0) is 37.1 Å². The molecule has 1 heterocycles. The third-order valence-corrected chi connectivity index (χ3v) is 4.57. The van der Waals surface area contributed by atoms with Crippen molar-refractivity contribution in [2.45, 2.75) is 18.7 Å². The van der Waals surface area contributed by atoms with Gasteiger partial charge in [0.05, 0.1) is 16.7 Å². The predicted molar refractivity (Wildman–Crippen MR) is 77.2 cm³/mol. The van der Waals surface area contributed by atoms with Gasteiger partial charge in [-0.3, -0.25) is 0 Å². The van der Waals surface area contributed by atoms with E-state index in [4.69, 9.17) is 4.74 Å². The van der Waals surface area contributed by atoms with Gasteiger partial charge in [-0.2, -0.15) is 5.10 Å². The maximum atomic E-state index is 12.2. The van der Waals surface area contributed by atoms with Gasteiger partial charge >= 0.3 is 5.97 Å². The standard InChI is InChI=1S/C14H16N2O4S/c1-9-10(2)12(21(4,18)19)6-5-11(9)14(17)20-13-7-8-15-16(13)3/h5-8H,1-4H3. The van der Waals surface area contributed by atoms with E-state index in [0.717, 1.165) is 6.26 Å². The molecule has 0 spiro atoms. The van der Waals surface area contributed by atoms with Crippen LogP contribution in [0.25, 0.3) is 0 Å². The Morgan fingerprint density at radius 1 is 1.19 bits per heavy atom. The summed E-state index contributed by atoms with van der Waals surface area (Å²) in [5.41, 5.74) is 1.48. The minimum absolute atomic E-state index is 0.220. The number of sulfone groups is 1. The van der Waals surface area contributed by atoms with Crippen LogP contribution >= 0.6 is 0 Å². The third-order valence-electron chi connectivity index (χ3n) is 3.33. The first-order chi connectivity index (χ1) is 9.71. The summed E-state index contributed by atoms with van der Waals surface area (Å²) >= 11 is 0. The molecule has 0 aliphatic rings. The molecule has 0 radical (unpaired) electrons. The van der Waals surface area contributed by atoms with Crippen LogP contribution in [0, 0.1) is 13.8 Å². The molecule has 0 saturated carbocycles. The van der Waals surface area contributed by atoms with Crippen molar-refractivity contribution in [1.82, 2.24) is 9.78 Å². The SMILES string of the molecule is Cc1c(C(=O)Oc2ccnn2C)ccc(S(C)(=O)=O)c1C. The largest absolute Gasteiger partial charge is 0.404 e. The van der Waals surface area contributed by atoms with E-state index in [1.165, 1.54) is 23.0 Å². The van der Waals surface area contributed by atoms with E-state index in [9.17, 15) is 13.2 Å². The highest BCUT2D eigenvalue weighted by Gasteiger charge is 2.19. The molecule has 0 bridgehead atoms. The van der Waals surface area contributed by atoms with Crippen LogP contribution in [0.1, 0.15) is 21.5 Å². The first-order valence-corrected chi connectivity index (χ1v) is 8.11. The molecular weight excluding hydrogens is 292 g/mol. The summed E-state index contributed by atoms with van der Waals surface area (Å²) in [6.07, 6.45) is 2.66. The fourth-order valence-corrected chi connectivity index (χ4v) is 3.06. The number of nitrogens with zero attached hydrogens (tertiary/aromatic N) is 2. The van der Waals surface area contributed by atoms with Crippen molar-refractivity contribution in [3.63, 3.8) is 0 Å². The van der Waals surface area contributed by atoms with Crippen LogP contribution in [0.15, 0.2) is 29.3 Å². The maximum absolute atomic E-state index is 12.2. The van der Waals surface area contributed by atoms with E-state index in [1.807, 2.05) is 0 Å². The number of ether oxygens (including phenoxy) is 1. The molecule has 2 rings (SSSR count). The number of esters is 1. The monoisotopic (exact) mass is 308 g/mol. The molecule has 0 amide bonds. The highest BCUT2D eigenvalue weighted by molar-refractivity contribution is 7.90. The average molecular weight is 308 g/mol. The van der Waals surface area contributed by atoms with Crippen LogP contribution in [-0.2, 0) is 16.9 Å². The Bertz CT molecular complexity index is 806. The second-order valence-electron chi connectivity index (χ2n) is 4.82. The van der Waals surface area contributed by atoms with Gasteiger partial charge in [0.25, 0.3) is 0 Å². The summed E-state index contributed by atoms with van der Waals surface area (Å²) in [6, 6.07) is 4.47. The molecular formula is C14H16N2O4S. The highest BCUT2D eigenvalue weighted by atomic mass is 32.2. The highest BCUT2D eigenvalue weighted by Crippen LogP contribution is 2.23. The molecule has 0 unspecified atom stereocenters. The minimum atomic E-state index is -3.32. The molecule has 2 aromatic rings. The maximum Gasteiger partial charge on any atom is 0.345 e. The summed E-state index contributed by atoms with van der Waals surface area (Å²) < 4.78 is 30.0. The molecule has 6 nitrogen and oxygen atoms in total. The van der Waals surface area contributed by atoms with Gasteiger partial charge in [0.2, 0.25) is 5.88 Å². The Morgan fingerprint density at radius 3 is 2.38 bits per heavy atom. The summed E-state index contributed by atoms with van der Waals surface area (Å²) in [5.74, 6) is -0.219. The van der Waals surface area contributed by atoms with Gasteiger partial charge in [0.15, 0.2) is 9.84 Å². The Kier molecular flexibility index (Phi) is 3.87. The van der Waals surface area contributed by atoms with Crippen molar-refractivity contribution in [3.8, 4) is 5.88 Å². The topological polar surface area (TPSA) is 78.3 Å². The fraction of sp³-hybridized carbons (Fsp3) is 0.286. The van der Waals surface area contributed by atoms with E-state index in [-0.39, 0.29) is 4.90 Å². The van der Waals surface area contributed by atoms with Gasteiger partial charge in [0.1, 0.15) is 0 Å². The molecule has 0 aliphatic heterocycles. The lowest BCUT2D eigenvalue weighted by Crippen LogP contribution is -2.14. The van der Waals surface area contributed by atoms with E-state index in [0.29, 0.717) is 22.6 Å². The molecule has 0 atom stereocenters. The molecule has 1 aromatic heterocycles. The Hall–Kier alpha value is -2.15. The lowest BCUT2D eigenvalue weighted by atomic mass is 10.0. The Labute approximate surface area is 123 Å². The van der Waals surface area contributed by atoms with Gasteiger partial charge in [-0.1, -0.05) is 0 Å². The first kappa shape index (κ1) is 15.2. The zero-order chi connectivity index (χ0) is 15.8. The van der Waals surface area contributed by atoms with Gasteiger partial charge in [-0.15, -0.1) is 0 Å². The average Bonchev–Trinajstić information content (AvgIpc) is 2.76. The van der Waals surface area contributed by atoms with Gasteiger partial charge in [-0.25, -0.2) is 17.9 Å². The van der Waals surface area contributed by atoms with Crippen molar-refractivity contribution < 1.29 is 17.9 Å². The van der Waals surface area contributed by atoms with Crippen molar-refractivity contribution in [2.75, 3.05) is 6.26 Å². The van der Waals surface area contributed by atoms with E-state index < -0.39 is 15.8 Å². The molecule has 0 aliphatic carbocycles. The number of carbonyl (C=O) groups is 1. The number of aromatic nitrogens is 2. The van der Waals surface area contributed by atoms with Crippen LogP contribution in [0.3, 0.4) is 0 Å². The summed E-state index contributed by atoms with van der Waals surface area (Å²) in [4.78, 5) is 12.4. The minimum Gasteiger partial charge on any atom is -0.404 e. The molecule has 21 heavy (non-hydrogen) atoms. The Balaban J connectivity index is 2.40. The van der Waals surface area contributed by atoms with Crippen LogP contribution in [0.5, 0.6) is 5.88 Å². The molecule has 0 N–H and O–H groups in total. The molecule has 0 fully saturated rings. The second-order valence-corrected chi connectivity index (χ2v) is 6.80. The predicted octanol–water partition coefficient (Wildman–Crippen LogP) is 1.66. The number of carbonyl (C=O) groups excluding carboxylic acids is 1. The summed E-state index contributed by atoms with van der Waals surface area (Å²) in [5, 5.41) is 3.91. The quantitative estimate of drug-likeness (QED) is 0.806. The zero-order valence-corrected chi connectivity index (χ0v) is 13.1. The lowest BCUT2D eigenvalue weighted by molar-refractivity contribution is 0.0719. The van der Waals surface area contributed by atoms with E-state index >= 15 is 0 Å². The normalized spacial score (nSPS) is 11.4. The molecule has 7 heteroatoms. The van der Waals surface area contributed by atoms with Crippen molar-refractivity contribution in [1.29, 1.82) is 0 Å². The first-order valence-electron chi connectivity index (χ1n) is 6.22. The molecule has 0 saturated heterocycles. The van der Waals surface area contributed by atoms with Crippen LogP contribution in [0.2, 0.25) is 0 Å². The second kappa shape index (κ2) is 5.33. The van der Waals surface area contributed by atoms with Crippen LogP contribution in [-0.4, -0.2) is 30.4 Å². The molecule has 112 valence electrons. The van der Waals surface area contributed by atoms with Gasteiger partial charge < -0.3 is 4.74 Å². The lowest BCUT2D eigenvalue weighted by Gasteiger charge is -2.11. The van der Waals surface area contributed by atoms with Crippen LogP contribution < -0.4 is 4.74 Å². The summed E-state index contributed by atoms with van der Waals surface area (Å²) in [6.45, 7) is 3.37. The number of hydrogen-bond acceptors (Lipinski definition) is 5. The van der Waals surface area contributed by atoms with Crippen LogP contribution in [0.4, 0.5) is 0 Å². The zero-order valence-electron chi connectivity index (χ0n) is 12.2. The number of rotatable bonds is 3. The Morgan fingerprint density at radius 2 is 1.86 bits per heavy atom. The van der Waals surface area contributed by atoms with Crippen molar-refractivity contribution in [2.24, 2.45) is 7.05 Å². The number of benzene rings is 1. The van der Waals surface area contributed by atoms with Gasteiger partial charge in [0, 0.05) is 19.4 Å².